The molecule has 3 aromatic rings. The van der Waals surface area contributed by atoms with Gasteiger partial charge >= 0.3 is 6.03 Å². The Bertz CT molecular complexity index is 1150. The van der Waals surface area contributed by atoms with Crippen molar-refractivity contribution < 1.29 is 4.79 Å². The third kappa shape index (κ3) is 3.42. The fourth-order valence-electron chi connectivity index (χ4n) is 4.03. The molecule has 0 radical (unpaired) electrons. The van der Waals surface area contributed by atoms with E-state index in [0.29, 0.717) is 17.3 Å². The van der Waals surface area contributed by atoms with Crippen LogP contribution in [0.2, 0.25) is 5.02 Å². The zero-order chi connectivity index (χ0) is 20.6. The number of rotatable bonds is 3. The largest absolute Gasteiger partial charge is 0.323 e. The van der Waals surface area contributed by atoms with E-state index in [9.17, 15) is 4.79 Å². The van der Waals surface area contributed by atoms with Gasteiger partial charge in [0.15, 0.2) is 0 Å². The zero-order valence-corrected chi connectivity index (χ0v) is 17.1. The van der Waals surface area contributed by atoms with Crippen LogP contribution in [0.1, 0.15) is 29.7 Å². The second-order valence-corrected chi connectivity index (χ2v) is 8.15. The molecule has 4 nitrogen and oxygen atoms in total. The van der Waals surface area contributed by atoms with Crippen LogP contribution in [0.5, 0.6) is 0 Å². The predicted octanol–water partition coefficient (Wildman–Crippen LogP) is 5.12. The normalized spacial score (nSPS) is 20.0. The molecule has 2 aliphatic rings. The number of fused-ring (bicyclic) bond motifs is 1. The lowest BCUT2D eigenvalue weighted by atomic mass is 9.82. The molecule has 2 amide bonds. The lowest BCUT2D eigenvalue weighted by Gasteiger charge is -2.41. The highest BCUT2D eigenvalue weighted by Crippen LogP contribution is 2.50. The van der Waals surface area contributed by atoms with E-state index >= 15 is 0 Å². The summed E-state index contributed by atoms with van der Waals surface area (Å²) in [7, 11) is 0. The van der Waals surface area contributed by atoms with Crippen molar-refractivity contribution in [3.8, 4) is 11.8 Å². The number of halogens is 1. The van der Waals surface area contributed by atoms with E-state index in [1.165, 1.54) is 0 Å². The maximum absolute atomic E-state index is 13.3. The second-order valence-electron chi connectivity index (χ2n) is 7.71. The summed E-state index contributed by atoms with van der Waals surface area (Å²) in [5.74, 6) is 6.82. The molecule has 0 spiro atoms. The zero-order valence-electron chi connectivity index (χ0n) is 16.3. The topological polar surface area (TPSA) is 45.2 Å². The summed E-state index contributed by atoms with van der Waals surface area (Å²) >= 11 is 6.40. The number of nitrogens with zero attached hydrogens (tertiary/aromatic N) is 2. The molecule has 1 atom stereocenters. The van der Waals surface area contributed by atoms with Gasteiger partial charge in [-0.2, -0.15) is 0 Å². The average Bonchev–Trinajstić information content (AvgIpc) is 3.62. The van der Waals surface area contributed by atoms with Gasteiger partial charge in [-0.25, -0.2) is 9.78 Å². The number of nitrogens with one attached hydrogen (secondary N) is 1. The van der Waals surface area contributed by atoms with E-state index < -0.39 is 5.54 Å². The molecule has 0 bridgehead atoms. The van der Waals surface area contributed by atoms with Gasteiger partial charge in [-0.05, 0) is 60.6 Å². The van der Waals surface area contributed by atoms with Crippen molar-refractivity contribution in [1.82, 2.24) is 10.3 Å². The van der Waals surface area contributed by atoms with Gasteiger partial charge < -0.3 is 5.32 Å². The van der Waals surface area contributed by atoms with Crippen LogP contribution in [0.25, 0.3) is 0 Å². The minimum atomic E-state index is -0.762. The fraction of sp³-hybridized carbons (Fsp3) is 0.200. The molecule has 2 heterocycles. The molecule has 148 valence electrons. The minimum absolute atomic E-state index is 0.143. The summed E-state index contributed by atoms with van der Waals surface area (Å²) < 4.78 is 0. The number of carbonyl (C=O) groups excluding carboxylic acids is 1. The number of aromatic nitrogens is 1. The second kappa shape index (κ2) is 7.51. The smallest absolute Gasteiger partial charge is 0.317 e. The first-order valence-corrected chi connectivity index (χ1v) is 10.4. The van der Waals surface area contributed by atoms with Crippen molar-refractivity contribution in [2.24, 2.45) is 5.92 Å². The Morgan fingerprint density at radius 2 is 1.90 bits per heavy atom. The van der Waals surface area contributed by atoms with Crippen molar-refractivity contribution in [1.29, 1.82) is 0 Å². The number of benzene rings is 2. The number of hydrogen-bond donors (Lipinski definition) is 1. The summed E-state index contributed by atoms with van der Waals surface area (Å²) in [6.45, 7) is 0.482. The number of urea groups is 1. The highest BCUT2D eigenvalue weighted by Gasteiger charge is 2.51. The number of amides is 2. The molecule has 1 fully saturated rings. The summed E-state index contributed by atoms with van der Waals surface area (Å²) in [5.41, 5.74) is 2.79. The molecule has 1 aliphatic heterocycles. The first kappa shape index (κ1) is 18.7. The molecule has 30 heavy (non-hydrogen) atoms. The molecule has 1 N–H and O–H groups in total. The lowest BCUT2D eigenvalue weighted by molar-refractivity contribution is 0.231. The minimum Gasteiger partial charge on any atom is -0.317 e. The standard InChI is InChI=1S/C25H20ClN3O/c26-20-11-12-23-22(16-20)25(19-9-10-19,14-13-21-8-4-5-15-27-21)28-24(30)29(23)17-18-6-2-1-3-7-18/h1-8,11-12,15-16,19H,9-10,17H2,(H,28,30). The van der Waals surface area contributed by atoms with Crippen LogP contribution in [0.15, 0.2) is 72.9 Å². The van der Waals surface area contributed by atoms with Gasteiger partial charge in [0.2, 0.25) is 0 Å². The van der Waals surface area contributed by atoms with E-state index in [-0.39, 0.29) is 11.9 Å². The summed E-state index contributed by atoms with van der Waals surface area (Å²) in [6, 6.07) is 21.2. The van der Waals surface area contributed by atoms with Crippen LogP contribution >= 0.6 is 11.6 Å². The van der Waals surface area contributed by atoms with E-state index in [0.717, 1.165) is 29.7 Å². The number of anilines is 1. The van der Waals surface area contributed by atoms with E-state index in [4.69, 9.17) is 11.6 Å². The molecule has 1 aromatic heterocycles. The van der Waals surface area contributed by atoms with Gasteiger partial charge in [0.1, 0.15) is 11.2 Å². The Labute approximate surface area is 180 Å². The Balaban J connectivity index is 1.62. The van der Waals surface area contributed by atoms with Crippen LogP contribution in [-0.2, 0) is 12.1 Å². The van der Waals surface area contributed by atoms with E-state index in [1.54, 1.807) is 11.1 Å². The van der Waals surface area contributed by atoms with Gasteiger partial charge in [0, 0.05) is 16.8 Å². The van der Waals surface area contributed by atoms with Crippen LogP contribution < -0.4 is 10.2 Å². The van der Waals surface area contributed by atoms with Crippen LogP contribution in [0.4, 0.5) is 10.5 Å². The summed E-state index contributed by atoms with van der Waals surface area (Å²) in [5, 5.41) is 3.88. The van der Waals surface area contributed by atoms with Gasteiger partial charge in [0.25, 0.3) is 0 Å². The molecule has 1 unspecified atom stereocenters. The first-order chi connectivity index (χ1) is 14.7. The van der Waals surface area contributed by atoms with Crippen molar-refractivity contribution >= 4 is 23.3 Å². The van der Waals surface area contributed by atoms with Crippen molar-refractivity contribution in [3.05, 3.63) is 94.8 Å². The van der Waals surface area contributed by atoms with Crippen molar-refractivity contribution in [2.75, 3.05) is 4.90 Å². The molecule has 5 heteroatoms. The Hall–Kier alpha value is -3.29. The number of hydrogen-bond acceptors (Lipinski definition) is 2. The molecular weight excluding hydrogens is 394 g/mol. The Kier molecular flexibility index (Phi) is 4.69. The molecule has 1 aliphatic carbocycles. The van der Waals surface area contributed by atoms with Crippen molar-refractivity contribution in [2.45, 2.75) is 24.9 Å². The lowest BCUT2D eigenvalue weighted by Crippen LogP contribution is -2.56. The molecule has 5 rings (SSSR count). The van der Waals surface area contributed by atoms with E-state index in [2.05, 4.69) is 22.1 Å². The molecule has 1 saturated carbocycles. The molecule has 0 saturated heterocycles. The molecule has 2 aromatic carbocycles. The van der Waals surface area contributed by atoms with Gasteiger partial charge in [-0.1, -0.05) is 53.9 Å². The molecular formula is C25H20ClN3O. The highest BCUT2D eigenvalue weighted by molar-refractivity contribution is 6.30. The summed E-state index contributed by atoms with van der Waals surface area (Å²) in [6.07, 6.45) is 3.75. The Morgan fingerprint density at radius 1 is 1.10 bits per heavy atom. The third-order valence-electron chi connectivity index (χ3n) is 5.65. The summed E-state index contributed by atoms with van der Waals surface area (Å²) in [4.78, 5) is 19.4. The predicted molar refractivity (Wildman–Crippen MR) is 118 cm³/mol. The average molecular weight is 414 g/mol. The van der Waals surface area contributed by atoms with Gasteiger partial charge in [0.05, 0.1) is 12.2 Å². The SMILES string of the molecule is O=C1NC(C#Cc2ccccn2)(C2CC2)c2cc(Cl)ccc2N1Cc1ccccc1. The van der Waals surface area contributed by atoms with E-state index in [1.807, 2.05) is 66.7 Å². The quantitative estimate of drug-likeness (QED) is 0.605. The third-order valence-corrected chi connectivity index (χ3v) is 5.88. The van der Waals surface area contributed by atoms with Crippen LogP contribution in [0.3, 0.4) is 0 Å². The fourth-order valence-corrected chi connectivity index (χ4v) is 4.21. The van der Waals surface area contributed by atoms with Crippen LogP contribution in [-0.4, -0.2) is 11.0 Å². The van der Waals surface area contributed by atoms with Gasteiger partial charge in [-0.3, -0.25) is 4.90 Å². The van der Waals surface area contributed by atoms with Crippen LogP contribution in [0, 0.1) is 17.8 Å². The Morgan fingerprint density at radius 3 is 2.63 bits per heavy atom. The number of pyridine rings is 1. The van der Waals surface area contributed by atoms with Crippen molar-refractivity contribution in [3.63, 3.8) is 0 Å². The maximum Gasteiger partial charge on any atom is 0.323 e. The first-order valence-electron chi connectivity index (χ1n) is 10.0. The number of carbonyl (C=O) groups is 1. The van der Waals surface area contributed by atoms with Gasteiger partial charge in [-0.15, -0.1) is 0 Å². The monoisotopic (exact) mass is 413 g/mol. The maximum atomic E-state index is 13.3. The highest BCUT2D eigenvalue weighted by atomic mass is 35.5.